The first-order chi connectivity index (χ1) is 7.08. The zero-order valence-corrected chi connectivity index (χ0v) is 10.5. The summed E-state index contributed by atoms with van der Waals surface area (Å²) in [6.07, 6.45) is 5.52. The molecule has 1 heterocycles. The Morgan fingerprint density at radius 1 is 1.07 bits per heavy atom. The number of aryl methyl sites for hydroxylation is 1. The van der Waals surface area contributed by atoms with E-state index >= 15 is 0 Å². The smallest absolute Gasteiger partial charge is 0.0403 e. The third kappa shape index (κ3) is 4.96. The van der Waals surface area contributed by atoms with Crippen LogP contribution in [0.1, 0.15) is 45.4 Å². The van der Waals surface area contributed by atoms with Gasteiger partial charge in [-0.2, -0.15) is 0 Å². The lowest BCUT2D eigenvalue weighted by molar-refractivity contribution is 0.580. The van der Waals surface area contributed by atoms with Gasteiger partial charge in [0.2, 0.25) is 0 Å². The molecule has 0 saturated carbocycles. The Bertz CT molecular complexity index is 272. The predicted molar refractivity (Wildman–Crippen MR) is 65.9 cm³/mol. The normalized spacial score (nSPS) is 11.3. The van der Waals surface area contributed by atoms with E-state index in [0.29, 0.717) is 5.92 Å². The molecule has 1 rings (SSSR count). The van der Waals surface area contributed by atoms with Gasteiger partial charge in [-0.05, 0) is 42.7 Å². The SMILES string of the molecule is CC(C)CCc1ccc(CC(C)C)cn1. The minimum Gasteiger partial charge on any atom is -0.261 e. The van der Waals surface area contributed by atoms with Crippen LogP contribution in [0.3, 0.4) is 0 Å². The minimum absolute atomic E-state index is 0.716. The second kappa shape index (κ2) is 5.89. The van der Waals surface area contributed by atoms with E-state index in [0.717, 1.165) is 18.8 Å². The fraction of sp³-hybridized carbons (Fsp3) is 0.643. The molecule has 0 saturated heterocycles. The zero-order valence-electron chi connectivity index (χ0n) is 10.5. The predicted octanol–water partition coefficient (Wildman–Crippen LogP) is 3.87. The molecule has 1 nitrogen and oxygen atoms in total. The maximum absolute atomic E-state index is 4.50. The molecule has 0 bridgehead atoms. The standard InChI is InChI=1S/C14H23N/c1-11(2)5-7-14-8-6-13(10-15-14)9-12(3)4/h6,8,10-12H,5,7,9H2,1-4H3. The molecule has 1 aromatic heterocycles. The molecule has 0 radical (unpaired) electrons. The third-order valence-corrected chi connectivity index (χ3v) is 2.51. The molecule has 0 unspecified atom stereocenters. The van der Waals surface area contributed by atoms with Crippen LogP contribution in [0.15, 0.2) is 18.3 Å². The van der Waals surface area contributed by atoms with Gasteiger partial charge in [0.25, 0.3) is 0 Å². The molecule has 0 aromatic carbocycles. The number of hydrogen-bond donors (Lipinski definition) is 0. The summed E-state index contributed by atoms with van der Waals surface area (Å²) in [5.41, 5.74) is 2.59. The summed E-state index contributed by atoms with van der Waals surface area (Å²) in [5, 5.41) is 0. The van der Waals surface area contributed by atoms with Gasteiger partial charge >= 0.3 is 0 Å². The van der Waals surface area contributed by atoms with Crippen molar-refractivity contribution in [3.63, 3.8) is 0 Å². The molecule has 1 heteroatoms. The molecular weight excluding hydrogens is 182 g/mol. The Kier molecular flexibility index (Phi) is 4.80. The largest absolute Gasteiger partial charge is 0.261 e. The van der Waals surface area contributed by atoms with E-state index in [-0.39, 0.29) is 0 Å². The highest BCUT2D eigenvalue weighted by molar-refractivity contribution is 5.14. The molecule has 0 N–H and O–H groups in total. The summed E-state index contributed by atoms with van der Waals surface area (Å²) in [4.78, 5) is 4.50. The number of hydrogen-bond acceptors (Lipinski definition) is 1. The number of rotatable bonds is 5. The number of nitrogens with zero attached hydrogens (tertiary/aromatic N) is 1. The van der Waals surface area contributed by atoms with Gasteiger partial charge in [0.15, 0.2) is 0 Å². The van der Waals surface area contributed by atoms with Crippen molar-refractivity contribution in [1.82, 2.24) is 4.98 Å². The van der Waals surface area contributed by atoms with Crippen LogP contribution < -0.4 is 0 Å². The molecule has 1 aromatic rings. The molecule has 0 spiro atoms. The second-order valence-electron chi connectivity index (χ2n) is 5.19. The molecule has 0 fully saturated rings. The van der Waals surface area contributed by atoms with Crippen LogP contribution in [0.4, 0.5) is 0 Å². The van der Waals surface area contributed by atoms with E-state index in [9.17, 15) is 0 Å². The molecule has 0 aliphatic carbocycles. The Hall–Kier alpha value is -0.850. The summed E-state index contributed by atoms with van der Waals surface area (Å²) in [7, 11) is 0. The van der Waals surface area contributed by atoms with Crippen molar-refractivity contribution in [3.8, 4) is 0 Å². The van der Waals surface area contributed by atoms with Gasteiger partial charge in [-0.25, -0.2) is 0 Å². The lowest BCUT2D eigenvalue weighted by Gasteiger charge is -2.07. The fourth-order valence-electron chi connectivity index (χ4n) is 1.63. The van der Waals surface area contributed by atoms with E-state index in [1.165, 1.54) is 17.7 Å². The van der Waals surface area contributed by atoms with Crippen LogP contribution in [0.5, 0.6) is 0 Å². The van der Waals surface area contributed by atoms with Crippen molar-refractivity contribution < 1.29 is 0 Å². The maximum atomic E-state index is 4.50. The molecule has 0 aliphatic heterocycles. The quantitative estimate of drug-likeness (QED) is 0.711. The Morgan fingerprint density at radius 2 is 1.80 bits per heavy atom. The highest BCUT2D eigenvalue weighted by atomic mass is 14.7. The van der Waals surface area contributed by atoms with E-state index in [2.05, 4.69) is 44.8 Å². The third-order valence-electron chi connectivity index (χ3n) is 2.51. The topological polar surface area (TPSA) is 12.9 Å². The van der Waals surface area contributed by atoms with Gasteiger partial charge in [0.1, 0.15) is 0 Å². The van der Waals surface area contributed by atoms with Crippen LogP contribution in [0, 0.1) is 11.8 Å². The van der Waals surface area contributed by atoms with Gasteiger partial charge in [-0.3, -0.25) is 4.98 Å². The van der Waals surface area contributed by atoms with Crippen LogP contribution >= 0.6 is 0 Å². The Balaban J connectivity index is 2.49. The average molecular weight is 205 g/mol. The first-order valence-corrected chi connectivity index (χ1v) is 6.01. The van der Waals surface area contributed by atoms with Crippen molar-refractivity contribution in [2.45, 2.75) is 47.0 Å². The fourth-order valence-corrected chi connectivity index (χ4v) is 1.63. The van der Waals surface area contributed by atoms with Crippen molar-refractivity contribution >= 4 is 0 Å². The average Bonchev–Trinajstić information content (AvgIpc) is 2.16. The van der Waals surface area contributed by atoms with Crippen molar-refractivity contribution in [2.24, 2.45) is 11.8 Å². The van der Waals surface area contributed by atoms with Crippen LogP contribution in [0.25, 0.3) is 0 Å². The molecule has 15 heavy (non-hydrogen) atoms. The van der Waals surface area contributed by atoms with Crippen LogP contribution in [-0.2, 0) is 12.8 Å². The van der Waals surface area contributed by atoms with E-state index in [4.69, 9.17) is 0 Å². The Morgan fingerprint density at radius 3 is 2.27 bits per heavy atom. The zero-order chi connectivity index (χ0) is 11.3. The number of aromatic nitrogens is 1. The van der Waals surface area contributed by atoms with Crippen LogP contribution in [-0.4, -0.2) is 4.98 Å². The highest BCUT2D eigenvalue weighted by Crippen LogP contribution is 2.10. The molecule has 0 aliphatic rings. The van der Waals surface area contributed by atoms with Gasteiger partial charge in [0, 0.05) is 11.9 Å². The summed E-state index contributed by atoms with van der Waals surface area (Å²) in [6.45, 7) is 9.00. The number of pyridine rings is 1. The van der Waals surface area contributed by atoms with Crippen molar-refractivity contribution in [1.29, 1.82) is 0 Å². The van der Waals surface area contributed by atoms with Gasteiger partial charge < -0.3 is 0 Å². The summed E-state index contributed by atoms with van der Waals surface area (Å²) in [6, 6.07) is 4.41. The van der Waals surface area contributed by atoms with E-state index in [1.807, 2.05) is 6.20 Å². The van der Waals surface area contributed by atoms with E-state index in [1.54, 1.807) is 0 Å². The van der Waals surface area contributed by atoms with Gasteiger partial charge in [0.05, 0.1) is 0 Å². The van der Waals surface area contributed by atoms with Crippen molar-refractivity contribution in [2.75, 3.05) is 0 Å². The molecule has 0 atom stereocenters. The Labute approximate surface area is 93.9 Å². The monoisotopic (exact) mass is 205 g/mol. The second-order valence-corrected chi connectivity index (χ2v) is 5.19. The first-order valence-electron chi connectivity index (χ1n) is 6.01. The maximum Gasteiger partial charge on any atom is 0.0403 e. The lowest BCUT2D eigenvalue weighted by atomic mass is 10.0. The first kappa shape index (κ1) is 12.2. The van der Waals surface area contributed by atoms with Gasteiger partial charge in [-0.15, -0.1) is 0 Å². The molecular formula is C14H23N. The highest BCUT2D eigenvalue weighted by Gasteiger charge is 2.00. The van der Waals surface area contributed by atoms with E-state index < -0.39 is 0 Å². The summed E-state index contributed by atoms with van der Waals surface area (Å²) < 4.78 is 0. The molecule has 84 valence electrons. The summed E-state index contributed by atoms with van der Waals surface area (Å²) in [5.74, 6) is 1.48. The minimum atomic E-state index is 0.716. The summed E-state index contributed by atoms with van der Waals surface area (Å²) >= 11 is 0. The van der Waals surface area contributed by atoms with Crippen molar-refractivity contribution in [3.05, 3.63) is 29.6 Å². The lowest BCUT2D eigenvalue weighted by Crippen LogP contribution is -1.98. The molecule has 0 amide bonds. The van der Waals surface area contributed by atoms with Crippen LogP contribution in [0.2, 0.25) is 0 Å². The van der Waals surface area contributed by atoms with Gasteiger partial charge in [-0.1, -0.05) is 33.8 Å².